The molecule has 0 amide bonds. The summed E-state index contributed by atoms with van der Waals surface area (Å²) in [6.07, 6.45) is 0. The van der Waals surface area contributed by atoms with Crippen LogP contribution < -0.4 is 5.48 Å². The Kier molecular flexibility index (Phi) is 5.17. The van der Waals surface area contributed by atoms with Gasteiger partial charge in [0.2, 0.25) is 0 Å². The fourth-order valence-electron chi connectivity index (χ4n) is 0.949. The first-order valence-electron chi connectivity index (χ1n) is 4.49. The molecule has 0 aliphatic carbocycles. The predicted molar refractivity (Wildman–Crippen MR) is 52.3 cm³/mol. The van der Waals surface area contributed by atoms with Gasteiger partial charge in [-0.25, -0.2) is 0 Å². The average Bonchev–Trinajstić information content (AvgIpc) is 2.26. The molecule has 4 nitrogen and oxygen atoms in total. The Morgan fingerprint density at radius 2 is 1.79 bits per heavy atom. The molecule has 0 aliphatic heterocycles. The maximum atomic E-state index is 8.72. The Bertz CT molecular complexity index is 236. The third-order valence-corrected chi connectivity index (χ3v) is 1.77. The molecule has 0 atom stereocenters. The van der Waals surface area contributed by atoms with Crippen molar-refractivity contribution >= 4 is 0 Å². The quantitative estimate of drug-likeness (QED) is 0.564. The SMILES string of the molecule is OCC(CO)NOCc1ccccc1. The van der Waals surface area contributed by atoms with E-state index in [-0.39, 0.29) is 13.2 Å². The zero-order chi connectivity index (χ0) is 10.2. The highest BCUT2D eigenvalue weighted by Crippen LogP contribution is 1.99. The van der Waals surface area contributed by atoms with Crippen molar-refractivity contribution in [1.29, 1.82) is 0 Å². The van der Waals surface area contributed by atoms with E-state index in [9.17, 15) is 0 Å². The van der Waals surface area contributed by atoms with E-state index < -0.39 is 6.04 Å². The second kappa shape index (κ2) is 6.50. The predicted octanol–water partition coefficient (Wildman–Crippen LogP) is 0.0610. The number of hydrogen-bond acceptors (Lipinski definition) is 4. The van der Waals surface area contributed by atoms with Gasteiger partial charge in [0.25, 0.3) is 0 Å². The molecule has 1 rings (SSSR count). The number of hydroxylamine groups is 1. The highest BCUT2D eigenvalue weighted by molar-refractivity contribution is 5.13. The molecule has 78 valence electrons. The Morgan fingerprint density at radius 1 is 1.14 bits per heavy atom. The number of nitrogens with one attached hydrogen (secondary N) is 1. The molecule has 0 bridgehead atoms. The van der Waals surface area contributed by atoms with Gasteiger partial charge < -0.3 is 10.2 Å². The molecule has 0 spiro atoms. The molecule has 0 radical (unpaired) electrons. The molecule has 1 aromatic carbocycles. The summed E-state index contributed by atoms with van der Waals surface area (Å²) in [5.74, 6) is 0. The molecule has 0 heterocycles. The topological polar surface area (TPSA) is 61.7 Å². The maximum absolute atomic E-state index is 8.72. The van der Waals surface area contributed by atoms with Gasteiger partial charge in [0.15, 0.2) is 0 Å². The van der Waals surface area contributed by atoms with E-state index in [0.717, 1.165) is 5.56 Å². The van der Waals surface area contributed by atoms with Crippen LogP contribution in [0.3, 0.4) is 0 Å². The lowest BCUT2D eigenvalue weighted by Gasteiger charge is -2.12. The number of aliphatic hydroxyl groups is 2. The first-order chi connectivity index (χ1) is 6.86. The first kappa shape index (κ1) is 11.1. The highest BCUT2D eigenvalue weighted by Gasteiger charge is 2.03. The minimum Gasteiger partial charge on any atom is -0.395 e. The van der Waals surface area contributed by atoms with Gasteiger partial charge in [0.05, 0.1) is 25.9 Å². The smallest absolute Gasteiger partial charge is 0.0933 e. The molecule has 4 heteroatoms. The molecule has 0 saturated carbocycles. The van der Waals surface area contributed by atoms with Crippen molar-refractivity contribution in [3.63, 3.8) is 0 Å². The van der Waals surface area contributed by atoms with E-state index in [0.29, 0.717) is 6.61 Å². The Labute approximate surface area is 83.1 Å². The molecule has 0 unspecified atom stereocenters. The Balaban J connectivity index is 2.21. The Hall–Kier alpha value is -0.940. The lowest BCUT2D eigenvalue weighted by atomic mass is 10.2. The number of benzene rings is 1. The van der Waals surface area contributed by atoms with Crippen molar-refractivity contribution in [2.45, 2.75) is 12.6 Å². The summed E-state index contributed by atoms with van der Waals surface area (Å²) in [6.45, 7) is 0.119. The van der Waals surface area contributed by atoms with E-state index in [4.69, 9.17) is 15.1 Å². The third kappa shape index (κ3) is 3.85. The molecule has 14 heavy (non-hydrogen) atoms. The molecular weight excluding hydrogens is 182 g/mol. The van der Waals surface area contributed by atoms with Crippen LogP contribution in [-0.2, 0) is 11.4 Å². The number of aliphatic hydroxyl groups excluding tert-OH is 2. The van der Waals surface area contributed by atoms with Gasteiger partial charge in [0.1, 0.15) is 0 Å². The summed E-state index contributed by atoms with van der Waals surface area (Å²) >= 11 is 0. The monoisotopic (exact) mass is 197 g/mol. The molecule has 3 N–H and O–H groups in total. The molecule has 0 aromatic heterocycles. The summed E-state index contributed by atoms with van der Waals surface area (Å²) in [4.78, 5) is 5.09. The molecular formula is C10H15NO3. The van der Waals surface area contributed by atoms with Crippen LogP contribution >= 0.6 is 0 Å². The number of rotatable bonds is 6. The van der Waals surface area contributed by atoms with Gasteiger partial charge >= 0.3 is 0 Å². The second-order valence-corrected chi connectivity index (χ2v) is 2.95. The number of hydrogen-bond donors (Lipinski definition) is 3. The molecule has 0 saturated heterocycles. The van der Waals surface area contributed by atoms with Crippen molar-refractivity contribution < 1.29 is 15.1 Å². The summed E-state index contributed by atoms with van der Waals surface area (Å²) in [5.41, 5.74) is 3.60. The summed E-state index contributed by atoms with van der Waals surface area (Å²) in [7, 11) is 0. The average molecular weight is 197 g/mol. The second-order valence-electron chi connectivity index (χ2n) is 2.95. The van der Waals surface area contributed by atoms with Gasteiger partial charge in [-0.1, -0.05) is 30.3 Å². The van der Waals surface area contributed by atoms with E-state index in [1.807, 2.05) is 30.3 Å². The van der Waals surface area contributed by atoms with Crippen LogP contribution in [0.2, 0.25) is 0 Å². The lowest BCUT2D eigenvalue weighted by molar-refractivity contribution is -0.0234. The fraction of sp³-hybridized carbons (Fsp3) is 0.400. The van der Waals surface area contributed by atoms with E-state index in [1.54, 1.807) is 0 Å². The van der Waals surface area contributed by atoms with Crippen LogP contribution in [0.5, 0.6) is 0 Å². The third-order valence-electron chi connectivity index (χ3n) is 1.77. The summed E-state index contributed by atoms with van der Waals surface area (Å²) < 4.78 is 0. The van der Waals surface area contributed by atoms with E-state index in [2.05, 4.69) is 5.48 Å². The zero-order valence-corrected chi connectivity index (χ0v) is 7.89. The minimum atomic E-state index is -0.418. The standard InChI is InChI=1S/C10H15NO3/c12-6-10(7-13)11-14-8-9-4-2-1-3-5-9/h1-5,10-13H,6-8H2. The van der Waals surface area contributed by atoms with Gasteiger partial charge in [-0.2, -0.15) is 5.48 Å². The van der Waals surface area contributed by atoms with Gasteiger partial charge in [-0.3, -0.25) is 4.84 Å². The Morgan fingerprint density at radius 3 is 2.36 bits per heavy atom. The zero-order valence-electron chi connectivity index (χ0n) is 7.89. The van der Waals surface area contributed by atoms with Gasteiger partial charge in [-0.05, 0) is 5.56 Å². The van der Waals surface area contributed by atoms with E-state index in [1.165, 1.54) is 0 Å². The largest absolute Gasteiger partial charge is 0.395 e. The lowest BCUT2D eigenvalue weighted by Crippen LogP contribution is -2.35. The molecule has 1 aromatic rings. The fourth-order valence-corrected chi connectivity index (χ4v) is 0.949. The van der Waals surface area contributed by atoms with Crippen molar-refractivity contribution in [2.75, 3.05) is 13.2 Å². The van der Waals surface area contributed by atoms with Crippen molar-refractivity contribution in [2.24, 2.45) is 0 Å². The highest BCUT2D eigenvalue weighted by atomic mass is 16.6. The van der Waals surface area contributed by atoms with Crippen molar-refractivity contribution in [3.05, 3.63) is 35.9 Å². The van der Waals surface area contributed by atoms with Crippen LogP contribution in [0.4, 0.5) is 0 Å². The van der Waals surface area contributed by atoms with Gasteiger partial charge in [-0.15, -0.1) is 0 Å². The van der Waals surface area contributed by atoms with Crippen LogP contribution in [-0.4, -0.2) is 29.5 Å². The summed E-state index contributed by atoms with van der Waals surface area (Å²) in [5, 5.41) is 17.4. The van der Waals surface area contributed by atoms with Crippen LogP contribution in [0, 0.1) is 0 Å². The molecule has 0 aliphatic rings. The van der Waals surface area contributed by atoms with Gasteiger partial charge in [0, 0.05) is 0 Å². The van der Waals surface area contributed by atoms with E-state index >= 15 is 0 Å². The van der Waals surface area contributed by atoms with Crippen LogP contribution in [0.15, 0.2) is 30.3 Å². The van der Waals surface area contributed by atoms with Crippen molar-refractivity contribution in [1.82, 2.24) is 5.48 Å². The normalized spacial score (nSPS) is 10.8. The maximum Gasteiger partial charge on any atom is 0.0933 e. The van der Waals surface area contributed by atoms with Crippen molar-refractivity contribution in [3.8, 4) is 0 Å². The summed E-state index contributed by atoms with van der Waals surface area (Å²) in [6, 6.07) is 9.24. The van der Waals surface area contributed by atoms with Crippen LogP contribution in [0.1, 0.15) is 5.56 Å². The minimum absolute atomic E-state index is 0.148. The molecule has 0 fully saturated rings. The van der Waals surface area contributed by atoms with Crippen LogP contribution in [0.25, 0.3) is 0 Å². The first-order valence-corrected chi connectivity index (χ1v) is 4.49.